The van der Waals surface area contributed by atoms with Crippen molar-refractivity contribution in [2.45, 2.75) is 30.7 Å². The van der Waals surface area contributed by atoms with Crippen LogP contribution in [0.25, 0.3) is 0 Å². The highest BCUT2D eigenvalue weighted by Crippen LogP contribution is 2.46. The molecule has 0 radical (unpaired) electrons. The van der Waals surface area contributed by atoms with E-state index in [0.717, 1.165) is 16.7 Å². The van der Waals surface area contributed by atoms with Crippen molar-refractivity contribution in [1.29, 1.82) is 0 Å². The van der Waals surface area contributed by atoms with Gasteiger partial charge in [0.25, 0.3) is 0 Å². The van der Waals surface area contributed by atoms with E-state index in [2.05, 4.69) is 36.4 Å². The monoisotopic (exact) mass is 518 g/mol. The van der Waals surface area contributed by atoms with E-state index in [9.17, 15) is 9.59 Å². The first kappa shape index (κ1) is 25.1. The number of esters is 2. The molecule has 6 rings (SSSR count). The molecule has 0 bridgehead atoms. The maximum atomic E-state index is 13.0. The van der Waals surface area contributed by atoms with E-state index in [4.69, 9.17) is 14.2 Å². The first-order chi connectivity index (χ1) is 19.1. The molecule has 2 aliphatic rings. The number of hydrogen-bond donors (Lipinski definition) is 0. The van der Waals surface area contributed by atoms with Crippen molar-refractivity contribution in [3.8, 4) is 0 Å². The van der Waals surface area contributed by atoms with Crippen molar-refractivity contribution in [1.82, 2.24) is 0 Å². The number of carbonyl (C=O) groups excluding carboxylic acids is 2. The lowest BCUT2D eigenvalue weighted by Crippen LogP contribution is -2.38. The Hall–Kier alpha value is -4.22. The minimum absolute atomic E-state index is 0.0777. The first-order valence-electron chi connectivity index (χ1n) is 13.4. The lowest BCUT2D eigenvalue weighted by atomic mass is 9.79. The van der Waals surface area contributed by atoms with Crippen LogP contribution < -0.4 is 0 Å². The molecule has 1 saturated carbocycles. The number of hydrogen-bond acceptors (Lipinski definition) is 5. The summed E-state index contributed by atoms with van der Waals surface area (Å²) in [6.07, 6.45) is 0.0607. The van der Waals surface area contributed by atoms with Crippen molar-refractivity contribution < 1.29 is 23.8 Å². The Balaban J connectivity index is 1.37. The molecule has 0 N–H and O–H groups in total. The van der Waals surface area contributed by atoms with Crippen LogP contribution in [-0.2, 0) is 24.6 Å². The Labute approximate surface area is 228 Å². The molecule has 39 heavy (non-hydrogen) atoms. The molecule has 1 heterocycles. The molecule has 0 aromatic heterocycles. The SMILES string of the molecule is O=C1C[C@@H]2[C@@H](COC(c3ccccc3)(c3ccccc3)c3ccccc3)[C@H](OC(=O)c3ccccc3)C[C@@H]2O1. The zero-order valence-electron chi connectivity index (χ0n) is 21.5. The zero-order valence-corrected chi connectivity index (χ0v) is 21.5. The van der Waals surface area contributed by atoms with Gasteiger partial charge in [0.05, 0.1) is 18.6 Å². The summed E-state index contributed by atoms with van der Waals surface area (Å²) < 4.78 is 18.8. The van der Waals surface area contributed by atoms with Gasteiger partial charge in [-0.15, -0.1) is 0 Å². The maximum absolute atomic E-state index is 13.0. The van der Waals surface area contributed by atoms with Gasteiger partial charge in [0, 0.05) is 18.3 Å². The summed E-state index contributed by atoms with van der Waals surface area (Å²) >= 11 is 0. The second kappa shape index (κ2) is 10.9. The van der Waals surface area contributed by atoms with Crippen LogP contribution in [0.4, 0.5) is 0 Å². The fraction of sp³-hybridized carbons (Fsp3) is 0.235. The van der Waals surface area contributed by atoms with Gasteiger partial charge in [-0.05, 0) is 28.8 Å². The summed E-state index contributed by atoms with van der Waals surface area (Å²) in [5.41, 5.74) is 2.58. The van der Waals surface area contributed by atoms with E-state index in [0.29, 0.717) is 18.4 Å². The van der Waals surface area contributed by atoms with Crippen LogP contribution in [0.15, 0.2) is 121 Å². The summed E-state index contributed by atoms with van der Waals surface area (Å²) in [5, 5.41) is 0. The highest BCUT2D eigenvalue weighted by molar-refractivity contribution is 5.89. The summed E-state index contributed by atoms with van der Waals surface area (Å²) in [5.74, 6) is -0.865. The van der Waals surface area contributed by atoms with Crippen LogP contribution >= 0.6 is 0 Å². The van der Waals surface area contributed by atoms with E-state index < -0.39 is 11.7 Å². The highest BCUT2D eigenvalue weighted by Gasteiger charge is 2.53. The van der Waals surface area contributed by atoms with Crippen molar-refractivity contribution >= 4 is 11.9 Å². The molecule has 1 aliphatic carbocycles. The van der Waals surface area contributed by atoms with E-state index in [-0.39, 0.29) is 36.5 Å². The molecule has 0 spiro atoms. The standard InChI is InChI=1S/C34H30O5/c35-32-21-28-29(31(22-30(28)38-32)39-33(36)24-13-5-1-6-14-24)23-37-34(25-15-7-2-8-16-25,26-17-9-3-10-18-26)27-19-11-4-12-20-27/h1-20,28-31H,21-23H2/t28-,29-,30+,31-/m1/s1. The van der Waals surface area contributed by atoms with Crippen molar-refractivity contribution in [2.24, 2.45) is 11.8 Å². The van der Waals surface area contributed by atoms with Crippen LogP contribution in [0.2, 0.25) is 0 Å². The minimum Gasteiger partial charge on any atom is -0.462 e. The molecule has 1 saturated heterocycles. The third kappa shape index (κ3) is 4.86. The number of rotatable bonds is 8. The molecule has 4 atom stereocenters. The van der Waals surface area contributed by atoms with E-state index in [1.165, 1.54) is 0 Å². The number of fused-ring (bicyclic) bond motifs is 1. The molecular formula is C34H30O5. The molecule has 2 fully saturated rings. The second-order valence-electron chi connectivity index (χ2n) is 10.2. The van der Waals surface area contributed by atoms with Gasteiger partial charge in [-0.3, -0.25) is 4.79 Å². The fourth-order valence-electron chi connectivity index (χ4n) is 6.09. The molecule has 5 nitrogen and oxygen atoms in total. The summed E-state index contributed by atoms with van der Waals surface area (Å²) in [6.45, 7) is 0.281. The molecule has 1 aliphatic heterocycles. The van der Waals surface area contributed by atoms with Crippen molar-refractivity contribution in [3.05, 3.63) is 144 Å². The fourth-order valence-corrected chi connectivity index (χ4v) is 6.09. The predicted molar refractivity (Wildman–Crippen MR) is 147 cm³/mol. The highest BCUT2D eigenvalue weighted by atomic mass is 16.6. The number of carbonyl (C=O) groups is 2. The molecule has 0 unspecified atom stereocenters. The quantitative estimate of drug-likeness (QED) is 0.206. The lowest BCUT2D eigenvalue weighted by Gasteiger charge is -2.38. The number of benzene rings is 4. The van der Waals surface area contributed by atoms with Gasteiger partial charge in [-0.1, -0.05) is 109 Å². The molecule has 4 aromatic rings. The van der Waals surface area contributed by atoms with Crippen LogP contribution in [0.5, 0.6) is 0 Å². The van der Waals surface area contributed by atoms with Gasteiger partial charge < -0.3 is 14.2 Å². The molecule has 196 valence electrons. The first-order valence-corrected chi connectivity index (χ1v) is 13.4. The molecule has 5 heteroatoms. The third-order valence-electron chi connectivity index (χ3n) is 7.96. The zero-order chi connectivity index (χ0) is 26.7. The van der Waals surface area contributed by atoms with Crippen molar-refractivity contribution in [2.75, 3.05) is 6.61 Å². The Kier molecular flexibility index (Phi) is 6.99. The summed E-state index contributed by atoms with van der Waals surface area (Å²) in [6, 6.07) is 39.5. The van der Waals surface area contributed by atoms with Gasteiger partial charge in [-0.25, -0.2) is 4.79 Å². The summed E-state index contributed by atoms with van der Waals surface area (Å²) in [4.78, 5) is 25.3. The normalized spacial score (nSPS) is 22.2. The van der Waals surface area contributed by atoms with Crippen LogP contribution in [0.1, 0.15) is 39.9 Å². The smallest absolute Gasteiger partial charge is 0.338 e. The number of ether oxygens (including phenoxy) is 3. The van der Waals surface area contributed by atoms with Gasteiger partial charge in [0.15, 0.2) is 0 Å². The van der Waals surface area contributed by atoms with Gasteiger partial charge >= 0.3 is 11.9 Å². The van der Waals surface area contributed by atoms with E-state index in [1.54, 1.807) is 12.1 Å². The molecular weight excluding hydrogens is 488 g/mol. The lowest BCUT2D eigenvalue weighted by molar-refractivity contribution is -0.141. The predicted octanol–water partition coefficient (Wildman–Crippen LogP) is 6.17. The second-order valence-corrected chi connectivity index (χ2v) is 10.2. The van der Waals surface area contributed by atoms with Crippen LogP contribution in [0.3, 0.4) is 0 Å². The minimum atomic E-state index is -0.903. The van der Waals surface area contributed by atoms with Gasteiger partial charge in [-0.2, -0.15) is 0 Å². The van der Waals surface area contributed by atoms with Gasteiger partial charge in [0.2, 0.25) is 0 Å². The Morgan fingerprint density at radius 1 is 0.744 bits per heavy atom. The molecule has 0 amide bonds. The largest absolute Gasteiger partial charge is 0.462 e. The maximum Gasteiger partial charge on any atom is 0.338 e. The molecule has 4 aromatic carbocycles. The van der Waals surface area contributed by atoms with Crippen molar-refractivity contribution in [3.63, 3.8) is 0 Å². The Morgan fingerprint density at radius 2 is 1.23 bits per heavy atom. The average Bonchev–Trinajstić information content (AvgIpc) is 3.51. The summed E-state index contributed by atoms with van der Waals surface area (Å²) in [7, 11) is 0. The Morgan fingerprint density at radius 3 is 1.74 bits per heavy atom. The Bertz CT molecular complexity index is 1310. The van der Waals surface area contributed by atoms with Crippen LogP contribution in [-0.4, -0.2) is 30.8 Å². The van der Waals surface area contributed by atoms with E-state index >= 15 is 0 Å². The van der Waals surface area contributed by atoms with Gasteiger partial charge in [0.1, 0.15) is 17.8 Å². The van der Waals surface area contributed by atoms with E-state index in [1.807, 2.05) is 72.8 Å². The topological polar surface area (TPSA) is 61.8 Å². The average molecular weight is 519 g/mol. The third-order valence-corrected chi connectivity index (χ3v) is 7.96. The van der Waals surface area contributed by atoms with Crippen LogP contribution in [0, 0.1) is 11.8 Å².